The molecule has 1 aromatic carbocycles. The lowest BCUT2D eigenvalue weighted by molar-refractivity contribution is -0.118. The minimum atomic E-state index is -0.419. The molecule has 0 unspecified atom stereocenters. The average molecular weight is 363 g/mol. The normalized spacial score (nSPS) is 11.3. The first-order valence-electron chi connectivity index (χ1n) is 8.75. The zero-order valence-electron chi connectivity index (χ0n) is 14.9. The Labute approximate surface area is 154 Å². The van der Waals surface area contributed by atoms with Crippen LogP contribution in [0.4, 0.5) is 4.39 Å². The lowest BCUT2D eigenvalue weighted by Crippen LogP contribution is -2.24. The van der Waals surface area contributed by atoms with Gasteiger partial charge in [-0.15, -0.1) is 0 Å². The van der Waals surface area contributed by atoms with Crippen molar-refractivity contribution in [3.05, 3.63) is 82.3 Å². The Morgan fingerprint density at radius 3 is 2.74 bits per heavy atom. The Bertz CT molecular complexity index is 1210. The maximum absolute atomic E-state index is 13.8. The van der Waals surface area contributed by atoms with Crippen molar-refractivity contribution in [2.24, 2.45) is 0 Å². The van der Waals surface area contributed by atoms with Gasteiger partial charge in [-0.2, -0.15) is 0 Å². The maximum Gasteiger partial charge on any atom is 0.275 e. The van der Waals surface area contributed by atoms with Gasteiger partial charge in [0.15, 0.2) is 0 Å². The molecule has 0 radical (unpaired) electrons. The van der Waals surface area contributed by atoms with Crippen LogP contribution < -0.4 is 5.56 Å². The van der Waals surface area contributed by atoms with Crippen LogP contribution in [0.15, 0.2) is 59.7 Å². The number of carbonyl (C=O) groups is 1. The number of hydrogen-bond donors (Lipinski definition) is 0. The number of Topliss-reactive ketones (excluding diaryl/α,β-unsaturated/α-hetero) is 1. The van der Waals surface area contributed by atoms with E-state index in [-0.39, 0.29) is 30.7 Å². The van der Waals surface area contributed by atoms with Crippen molar-refractivity contribution in [3.63, 3.8) is 0 Å². The van der Waals surface area contributed by atoms with Gasteiger partial charge in [-0.3, -0.25) is 14.6 Å². The van der Waals surface area contributed by atoms with Gasteiger partial charge in [-0.05, 0) is 48.9 Å². The van der Waals surface area contributed by atoms with Gasteiger partial charge in [-0.25, -0.2) is 4.39 Å². The van der Waals surface area contributed by atoms with E-state index in [1.165, 1.54) is 16.7 Å². The maximum atomic E-state index is 13.8. The van der Waals surface area contributed by atoms with E-state index in [0.717, 1.165) is 11.1 Å². The molecule has 0 atom stereocenters. The summed E-state index contributed by atoms with van der Waals surface area (Å²) in [7, 11) is 0. The van der Waals surface area contributed by atoms with Crippen molar-refractivity contribution in [1.82, 2.24) is 14.0 Å². The van der Waals surface area contributed by atoms with Crippen LogP contribution in [0.3, 0.4) is 0 Å². The molecule has 0 spiro atoms. The Kier molecular flexibility index (Phi) is 4.32. The number of pyridine rings is 1. The Morgan fingerprint density at radius 2 is 1.96 bits per heavy atom. The van der Waals surface area contributed by atoms with Gasteiger partial charge in [-0.1, -0.05) is 6.07 Å². The summed E-state index contributed by atoms with van der Waals surface area (Å²) < 4.78 is 17.0. The molecule has 4 aromatic rings. The molecule has 0 aliphatic carbocycles. The number of benzene rings is 1. The summed E-state index contributed by atoms with van der Waals surface area (Å²) in [5, 5.41) is 0. The molecule has 3 heterocycles. The first-order chi connectivity index (χ1) is 13.0. The Hall–Kier alpha value is -3.28. The number of hydrogen-bond acceptors (Lipinski definition) is 3. The molecule has 3 aromatic heterocycles. The van der Waals surface area contributed by atoms with Crippen molar-refractivity contribution < 1.29 is 9.18 Å². The van der Waals surface area contributed by atoms with Crippen LogP contribution in [0, 0.1) is 12.7 Å². The number of carbonyl (C=O) groups excluding carboxylic acids is 1. The zero-order valence-corrected chi connectivity index (χ0v) is 14.9. The SMILES string of the molecule is Cc1ccc(CC(=O)CCn2c(=O)c3cccn3c3ccc(F)cc32)nc1. The Balaban J connectivity index is 1.65. The van der Waals surface area contributed by atoms with Crippen LogP contribution in [0.5, 0.6) is 0 Å². The highest BCUT2D eigenvalue weighted by atomic mass is 19.1. The molecule has 0 amide bonds. The molecule has 6 heteroatoms. The molecule has 0 aliphatic heterocycles. The summed E-state index contributed by atoms with van der Waals surface area (Å²) in [6.07, 6.45) is 3.89. The van der Waals surface area contributed by atoms with Crippen molar-refractivity contribution >= 4 is 22.3 Å². The van der Waals surface area contributed by atoms with E-state index in [4.69, 9.17) is 0 Å². The number of aromatic nitrogens is 3. The minimum absolute atomic E-state index is 0.0157. The molecule has 136 valence electrons. The zero-order chi connectivity index (χ0) is 19.0. The topological polar surface area (TPSA) is 56.4 Å². The van der Waals surface area contributed by atoms with E-state index < -0.39 is 5.82 Å². The van der Waals surface area contributed by atoms with Gasteiger partial charge in [0.25, 0.3) is 5.56 Å². The number of nitrogens with zero attached hydrogens (tertiary/aromatic N) is 3. The van der Waals surface area contributed by atoms with Crippen molar-refractivity contribution in [2.45, 2.75) is 26.3 Å². The van der Waals surface area contributed by atoms with E-state index >= 15 is 0 Å². The van der Waals surface area contributed by atoms with Gasteiger partial charge in [0.05, 0.1) is 11.0 Å². The molecule has 0 fully saturated rings. The summed E-state index contributed by atoms with van der Waals surface area (Å²) in [5.41, 5.74) is 3.21. The molecule has 4 rings (SSSR count). The third-order valence-corrected chi connectivity index (χ3v) is 4.67. The average Bonchev–Trinajstić information content (AvgIpc) is 3.13. The Morgan fingerprint density at radius 1 is 1.11 bits per heavy atom. The lowest BCUT2D eigenvalue weighted by Gasteiger charge is -2.12. The van der Waals surface area contributed by atoms with Crippen molar-refractivity contribution in [2.75, 3.05) is 0 Å². The third-order valence-electron chi connectivity index (χ3n) is 4.67. The van der Waals surface area contributed by atoms with Gasteiger partial charge >= 0.3 is 0 Å². The molecular formula is C21H18FN3O2. The largest absolute Gasteiger partial charge is 0.310 e. The van der Waals surface area contributed by atoms with Crippen LogP contribution in [-0.2, 0) is 17.8 Å². The number of rotatable bonds is 5. The summed E-state index contributed by atoms with van der Waals surface area (Å²) in [4.78, 5) is 29.4. The number of halogens is 1. The van der Waals surface area contributed by atoms with Crippen LogP contribution in [0.1, 0.15) is 17.7 Å². The first kappa shape index (κ1) is 17.1. The molecule has 0 saturated carbocycles. The molecule has 27 heavy (non-hydrogen) atoms. The molecule has 0 saturated heterocycles. The monoisotopic (exact) mass is 363 g/mol. The first-order valence-corrected chi connectivity index (χ1v) is 8.75. The third kappa shape index (κ3) is 3.26. The van der Waals surface area contributed by atoms with E-state index in [1.807, 2.05) is 19.1 Å². The smallest absolute Gasteiger partial charge is 0.275 e. The van der Waals surface area contributed by atoms with Gasteiger partial charge in [0.2, 0.25) is 0 Å². The van der Waals surface area contributed by atoms with Crippen LogP contribution >= 0.6 is 0 Å². The van der Waals surface area contributed by atoms with E-state index in [9.17, 15) is 14.0 Å². The molecule has 0 aliphatic rings. The highest BCUT2D eigenvalue weighted by Crippen LogP contribution is 2.17. The second-order valence-corrected chi connectivity index (χ2v) is 6.65. The van der Waals surface area contributed by atoms with Crippen molar-refractivity contribution in [1.29, 1.82) is 0 Å². The second-order valence-electron chi connectivity index (χ2n) is 6.65. The number of fused-ring (bicyclic) bond motifs is 3. The summed E-state index contributed by atoms with van der Waals surface area (Å²) >= 11 is 0. The summed E-state index contributed by atoms with van der Waals surface area (Å²) in [6, 6.07) is 11.6. The van der Waals surface area contributed by atoms with Crippen LogP contribution in [0.25, 0.3) is 16.6 Å². The van der Waals surface area contributed by atoms with Gasteiger partial charge < -0.3 is 8.97 Å². The molecule has 0 bridgehead atoms. The van der Waals surface area contributed by atoms with E-state index in [1.54, 1.807) is 35.0 Å². The summed E-state index contributed by atoms with van der Waals surface area (Å²) in [6.45, 7) is 2.14. The highest BCUT2D eigenvalue weighted by Gasteiger charge is 2.13. The predicted octanol–water partition coefficient (Wildman–Crippen LogP) is 3.30. The standard InChI is InChI=1S/C21H18FN3O2/c1-14-4-6-16(23-13-14)12-17(26)8-10-25-20-11-15(22)5-7-18(20)24-9-2-3-19(24)21(25)27/h2-7,9,11,13H,8,10,12H2,1H3. The number of aryl methyl sites for hydroxylation is 2. The minimum Gasteiger partial charge on any atom is -0.310 e. The van der Waals surface area contributed by atoms with Gasteiger partial charge in [0.1, 0.15) is 17.1 Å². The lowest BCUT2D eigenvalue weighted by atomic mass is 10.1. The van der Waals surface area contributed by atoms with Crippen LogP contribution in [-0.4, -0.2) is 19.7 Å². The number of ketones is 1. The highest BCUT2D eigenvalue weighted by molar-refractivity contribution is 5.81. The van der Waals surface area contributed by atoms with Crippen LogP contribution in [0.2, 0.25) is 0 Å². The fraction of sp³-hybridized carbons (Fsp3) is 0.190. The molecule has 0 N–H and O–H groups in total. The fourth-order valence-electron chi connectivity index (χ4n) is 3.28. The van der Waals surface area contributed by atoms with E-state index in [2.05, 4.69) is 4.98 Å². The quantitative estimate of drug-likeness (QED) is 0.547. The van der Waals surface area contributed by atoms with Crippen molar-refractivity contribution in [3.8, 4) is 0 Å². The van der Waals surface area contributed by atoms with Gasteiger partial charge in [0, 0.05) is 37.5 Å². The molecular weight excluding hydrogens is 345 g/mol. The second kappa shape index (κ2) is 6.79. The molecule has 5 nitrogen and oxygen atoms in total. The predicted molar refractivity (Wildman–Crippen MR) is 101 cm³/mol. The fourth-order valence-corrected chi connectivity index (χ4v) is 3.28. The summed E-state index contributed by atoms with van der Waals surface area (Å²) in [5.74, 6) is -0.435. The van der Waals surface area contributed by atoms with E-state index in [0.29, 0.717) is 16.7 Å².